The van der Waals surface area contributed by atoms with E-state index in [-0.39, 0.29) is 19.9 Å². The summed E-state index contributed by atoms with van der Waals surface area (Å²) in [5.74, 6) is 0.845. The molecular formula is C13H18N2O4. The molecule has 1 N–H and O–H groups in total. The molecule has 0 aromatic carbocycles. The van der Waals surface area contributed by atoms with E-state index in [1.54, 1.807) is 6.20 Å². The molecule has 0 aliphatic rings. The first kappa shape index (κ1) is 13.8. The minimum absolute atomic E-state index is 0.0721. The average molecular weight is 266 g/mol. The van der Waals surface area contributed by atoms with E-state index in [2.05, 4.69) is 11.9 Å². The summed E-state index contributed by atoms with van der Waals surface area (Å²) in [5.41, 5.74) is -0.0451. The van der Waals surface area contributed by atoms with Crippen LogP contribution in [0.2, 0.25) is 0 Å². The quantitative estimate of drug-likeness (QED) is 0.764. The van der Waals surface area contributed by atoms with Gasteiger partial charge in [0.25, 0.3) is 0 Å². The summed E-state index contributed by atoms with van der Waals surface area (Å²) in [6.45, 7) is 2.32. The zero-order valence-corrected chi connectivity index (χ0v) is 11.0. The maximum atomic E-state index is 11.7. The highest BCUT2D eigenvalue weighted by Crippen LogP contribution is 2.17. The molecule has 6 heteroatoms. The molecular weight excluding hydrogens is 248 g/mol. The molecule has 0 amide bonds. The lowest BCUT2D eigenvalue weighted by atomic mass is 10.2. The van der Waals surface area contributed by atoms with Crippen LogP contribution in [0.15, 0.2) is 21.5 Å². The van der Waals surface area contributed by atoms with Crippen molar-refractivity contribution in [3.63, 3.8) is 0 Å². The average Bonchev–Trinajstić information content (AvgIpc) is 2.78. The van der Waals surface area contributed by atoms with Crippen LogP contribution >= 0.6 is 0 Å². The van der Waals surface area contributed by atoms with Crippen molar-refractivity contribution in [1.29, 1.82) is 0 Å². The first-order valence-corrected chi connectivity index (χ1v) is 6.43. The number of aromatic nitrogens is 2. The van der Waals surface area contributed by atoms with Crippen LogP contribution in [0.3, 0.4) is 0 Å². The molecule has 2 rings (SSSR count). The van der Waals surface area contributed by atoms with Crippen LogP contribution in [-0.4, -0.2) is 27.9 Å². The van der Waals surface area contributed by atoms with Crippen LogP contribution in [0.1, 0.15) is 25.5 Å². The Hall–Kier alpha value is -1.66. The third-order valence-corrected chi connectivity index (χ3v) is 2.77. The third kappa shape index (κ3) is 3.42. The zero-order chi connectivity index (χ0) is 13.7. The smallest absolute Gasteiger partial charge is 0.352 e. The minimum Gasteiger partial charge on any atom is -0.443 e. The predicted molar refractivity (Wildman–Crippen MR) is 69.9 cm³/mol. The number of aryl methyl sites for hydroxylation is 1. The van der Waals surface area contributed by atoms with E-state index in [1.807, 2.05) is 6.07 Å². The lowest BCUT2D eigenvalue weighted by Gasteiger charge is -2.04. The Morgan fingerprint density at radius 1 is 1.53 bits per heavy atom. The molecule has 0 spiro atoms. The van der Waals surface area contributed by atoms with Crippen molar-refractivity contribution in [1.82, 2.24) is 9.55 Å². The normalized spacial score (nSPS) is 11.3. The van der Waals surface area contributed by atoms with Gasteiger partial charge >= 0.3 is 5.69 Å². The molecule has 2 aromatic heterocycles. The molecule has 6 nitrogen and oxygen atoms in total. The van der Waals surface area contributed by atoms with Gasteiger partial charge in [0.05, 0.1) is 18.6 Å². The standard InChI is InChI=1S/C13H18N2O4/c1-2-3-4-11-7-10-8-15(9-18-6-5-16)13(17)14-12(10)19-11/h7-8,16H,2-6,9H2,1H3. The maximum absolute atomic E-state index is 11.7. The van der Waals surface area contributed by atoms with Crippen molar-refractivity contribution in [3.05, 3.63) is 28.5 Å². The van der Waals surface area contributed by atoms with Crippen LogP contribution in [-0.2, 0) is 17.9 Å². The van der Waals surface area contributed by atoms with E-state index in [4.69, 9.17) is 14.3 Å². The Labute approximate surface area is 110 Å². The van der Waals surface area contributed by atoms with Crippen LogP contribution in [0.5, 0.6) is 0 Å². The van der Waals surface area contributed by atoms with Gasteiger partial charge < -0.3 is 14.3 Å². The molecule has 0 saturated carbocycles. The molecule has 0 fully saturated rings. The van der Waals surface area contributed by atoms with Gasteiger partial charge in [-0.1, -0.05) is 13.3 Å². The van der Waals surface area contributed by atoms with E-state index < -0.39 is 5.69 Å². The number of unbranched alkanes of at least 4 members (excludes halogenated alkanes) is 1. The zero-order valence-electron chi connectivity index (χ0n) is 11.0. The molecule has 2 heterocycles. The van der Waals surface area contributed by atoms with Crippen molar-refractivity contribution < 1.29 is 14.3 Å². The maximum Gasteiger partial charge on any atom is 0.352 e. The summed E-state index contributed by atoms with van der Waals surface area (Å²) in [7, 11) is 0. The molecule has 0 saturated heterocycles. The van der Waals surface area contributed by atoms with Crippen molar-refractivity contribution in [3.8, 4) is 0 Å². The van der Waals surface area contributed by atoms with Gasteiger partial charge in [-0.2, -0.15) is 4.98 Å². The molecule has 104 valence electrons. The number of aliphatic hydroxyl groups excluding tert-OH is 1. The van der Waals surface area contributed by atoms with Gasteiger partial charge in [-0.25, -0.2) is 4.79 Å². The Balaban J connectivity index is 2.20. The first-order valence-electron chi connectivity index (χ1n) is 6.43. The summed E-state index contributed by atoms with van der Waals surface area (Å²) in [5, 5.41) is 9.42. The van der Waals surface area contributed by atoms with Crippen molar-refractivity contribution in [2.24, 2.45) is 0 Å². The molecule has 0 aliphatic heterocycles. The molecule has 19 heavy (non-hydrogen) atoms. The summed E-state index contributed by atoms with van der Waals surface area (Å²) >= 11 is 0. The van der Waals surface area contributed by atoms with Gasteiger partial charge in [0.15, 0.2) is 0 Å². The van der Waals surface area contributed by atoms with Gasteiger partial charge in [-0.3, -0.25) is 4.57 Å². The second kappa shape index (κ2) is 6.49. The molecule has 0 aliphatic carbocycles. The van der Waals surface area contributed by atoms with Gasteiger partial charge in [0, 0.05) is 12.6 Å². The van der Waals surface area contributed by atoms with Gasteiger partial charge in [-0.15, -0.1) is 0 Å². The number of ether oxygens (including phenoxy) is 1. The molecule has 2 aromatic rings. The van der Waals surface area contributed by atoms with Gasteiger partial charge in [0.2, 0.25) is 5.71 Å². The van der Waals surface area contributed by atoms with Crippen LogP contribution in [0.25, 0.3) is 11.1 Å². The van der Waals surface area contributed by atoms with E-state index in [0.29, 0.717) is 5.71 Å². The largest absolute Gasteiger partial charge is 0.443 e. The first-order chi connectivity index (χ1) is 9.24. The highest BCUT2D eigenvalue weighted by Gasteiger charge is 2.08. The number of furan rings is 1. The minimum atomic E-state index is -0.415. The van der Waals surface area contributed by atoms with E-state index >= 15 is 0 Å². The van der Waals surface area contributed by atoms with Crippen LogP contribution < -0.4 is 5.69 Å². The Kier molecular flexibility index (Phi) is 4.70. The summed E-state index contributed by atoms with van der Waals surface area (Å²) < 4.78 is 12.0. The summed E-state index contributed by atoms with van der Waals surface area (Å²) in [4.78, 5) is 15.6. The Morgan fingerprint density at radius 2 is 2.37 bits per heavy atom. The number of hydrogen-bond acceptors (Lipinski definition) is 5. The van der Waals surface area contributed by atoms with Crippen LogP contribution in [0, 0.1) is 0 Å². The number of rotatable bonds is 7. The number of fused-ring (bicyclic) bond motifs is 1. The van der Waals surface area contributed by atoms with Gasteiger partial charge in [0.1, 0.15) is 12.5 Å². The third-order valence-electron chi connectivity index (χ3n) is 2.77. The molecule has 0 atom stereocenters. The Morgan fingerprint density at radius 3 is 3.11 bits per heavy atom. The van der Waals surface area contributed by atoms with E-state index in [1.165, 1.54) is 4.57 Å². The predicted octanol–water partition coefficient (Wildman–Crippen LogP) is 1.30. The molecule has 0 unspecified atom stereocenters. The fourth-order valence-electron chi connectivity index (χ4n) is 1.80. The number of nitrogens with zero attached hydrogens (tertiary/aromatic N) is 2. The van der Waals surface area contributed by atoms with Gasteiger partial charge in [-0.05, 0) is 12.5 Å². The lowest BCUT2D eigenvalue weighted by molar-refractivity contribution is 0.0460. The summed E-state index contributed by atoms with van der Waals surface area (Å²) in [6.07, 6.45) is 4.65. The SMILES string of the molecule is CCCCc1cc2cn(COCCO)c(=O)nc2o1. The molecule has 0 bridgehead atoms. The highest BCUT2D eigenvalue weighted by atomic mass is 16.5. The van der Waals surface area contributed by atoms with Crippen molar-refractivity contribution in [2.75, 3.05) is 13.2 Å². The topological polar surface area (TPSA) is 77.5 Å². The second-order valence-corrected chi connectivity index (χ2v) is 4.33. The monoisotopic (exact) mass is 266 g/mol. The fourth-order valence-corrected chi connectivity index (χ4v) is 1.80. The lowest BCUT2D eigenvalue weighted by Crippen LogP contribution is -2.23. The van der Waals surface area contributed by atoms with Crippen molar-refractivity contribution >= 4 is 11.1 Å². The molecule has 0 radical (unpaired) electrons. The van der Waals surface area contributed by atoms with Crippen LogP contribution in [0.4, 0.5) is 0 Å². The van der Waals surface area contributed by atoms with E-state index in [9.17, 15) is 4.79 Å². The number of hydrogen-bond donors (Lipinski definition) is 1. The van der Waals surface area contributed by atoms with E-state index in [0.717, 1.165) is 30.4 Å². The number of aliphatic hydroxyl groups is 1. The Bertz CT molecular complexity index is 588. The van der Waals surface area contributed by atoms with Crippen molar-refractivity contribution in [2.45, 2.75) is 32.9 Å². The fraction of sp³-hybridized carbons (Fsp3) is 0.538. The highest BCUT2D eigenvalue weighted by molar-refractivity contribution is 5.72. The second-order valence-electron chi connectivity index (χ2n) is 4.33. The summed E-state index contributed by atoms with van der Waals surface area (Å²) in [6, 6.07) is 1.90.